The Balaban J connectivity index is 1.34. The van der Waals surface area contributed by atoms with Crippen molar-refractivity contribution in [2.75, 3.05) is 18.0 Å². The molecule has 2 aliphatic heterocycles. The van der Waals surface area contributed by atoms with Gasteiger partial charge in [0.2, 0.25) is 0 Å². The number of nitrogens with zero attached hydrogens (tertiary/aromatic N) is 6. The van der Waals surface area contributed by atoms with Gasteiger partial charge in [-0.1, -0.05) is 0 Å². The first-order valence-corrected chi connectivity index (χ1v) is 13.0. The molecule has 0 amide bonds. The number of pyridine rings is 3. The summed E-state index contributed by atoms with van der Waals surface area (Å²) >= 11 is 0. The minimum Gasteiger partial charge on any atom is -0.351 e. The first-order valence-electron chi connectivity index (χ1n) is 13.0. The molecule has 37 heavy (non-hydrogen) atoms. The van der Waals surface area contributed by atoms with Gasteiger partial charge in [-0.2, -0.15) is 0 Å². The Morgan fingerprint density at radius 2 is 1.95 bits per heavy atom. The molecule has 0 unspecified atom stereocenters. The minimum atomic E-state index is -0.382. The maximum absolute atomic E-state index is 14.5. The van der Waals surface area contributed by atoms with Crippen LogP contribution in [0.5, 0.6) is 0 Å². The summed E-state index contributed by atoms with van der Waals surface area (Å²) in [5.74, 6) is 1.80. The maximum atomic E-state index is 14.5. The third-order valence-electron chi connectivity index (χ3n) is 8.09. The highest BCUT2D eigenvalue weighted by atomic mass is 19.1. The fraction of sp³-hybridized carbons (Fsp3) is 0.321. The summed E-state index contributed by atoms with van der Waals surface area (Å²) < 4.78 is 14.5. The van der Waals surface area contributed by atoms with E-state index in [2.05, 4.69) is 30.2 Å². The van der Waals surface area contributed by atoms with Gasteiger partial charge < -0.3 is 15.2 Å². The van der Waals surface area contributed by atoms with E-state index < -0.39 is 0 Å². The van der Waals surface area contributed by atoms with E-state index in [1.165, 1.54) is 24.5 Å². The topological polar surface area (TPSA) is 95.5 Å². The van der Waals surface area contributed by atoms with Gasteiger partial charge in [0, 0.05) is 53.6 Å². The first-order chi connectivity index (χ1) is 18.2. The Morgan fingerprint density at radius 1 is 1.00 bits per heavy atom. The Bertz CT molecular complexity index is 1680. The smallest absolute Gasteiger partial charge is 0.163 e. The van der Waals surface area contributed by atoms with Crippen molar-refractivity contribution in [3.8, 4) is 22.8 Å². The van der Waals surface area contributed by atoms with Crippen LogP contribution in [0.1, 0.15) is 37.2 Å². The molecule has 2 N–H and O–H groups in total. The molecule has 8 rings (SSSR count). The SMILES string of the molecule is Fc1cccnc1-c1cc2c(-c3nc(N4CC[C@H]5NCC[C@H]54)c4c(C5CC5)cncc4n3)ccnc2[nH]1. The van der Waals surface area contributed by atoms with E-state index >= 15 is 0 Å². The predicted octanol–water partition coefficient (Wildman–Crippen LogP) is 4.59. The number of aromatic nitrogens is 6. The van der Waals surface area contributed by atoms with E-state index in [9.17, 15) is 4.39 Å². The zero-order valence-corrected chi connectivity index (χ0v) is 20.2. The third kappa shape index (κ3) is 3.33. The van der Waals surface area contributed by atoms with E-state index in [1.54, 1.807) is 18.5 Å². The van der Waals surface area contributed by atoms with Crippen LogP contribution < -0.4 is 10.2 Å². The molecular formula is C28H25FN8. The van der Waals surface area contributed by atoms with Crippen molar-refractivity contribution in [3.05, 3.63) is 60.4 Å². The summed E-state index contributed by atoms with van der Waals surface area (Å²) in [7, 11) is 0. The van der Waals surface area contributed by atoms with Crippen molar-refractivity contribution in [2.45, 2.75) is 43.7 Å². The zero-order chi connectivity index (χ0) is 24.5. The van der Waals surface area contributed by atoms with E-state index in [-0.39, 0.29) is 11.5 Å². The number of nitrogens with one attached hydrogen (secondary N) is 2. The number of fused-ring (bicyclic) bond motifs is 3. The van der Waals surface area contributed by atoms with Crippen LogP contribution in [0.15, 0.2) is 49.1 Å². The van der Waals surface area contributed by atoms with E-state index in [0.29, 0.717) is 35.2 Å². The van der Waals surface area contributed by atoms with Crippen LogP contribution in [0.4, 0.5) is 10.2 Å². The molecular weight excluding hydrogens is 467 g/mol. The summed E-state index contributed by atoms with van der Waals surface area (Å²) in [6.07, 6.45) is 11.8. The lowest BCUT2D eigenvalue weighted by atomic mass is 10.1. The molecule has 5 aromatic heterocycles. The fourth-order valence-corrected chi connectivity index (χ4v) is 6.18. The monoisotopic (exact) mass is 492 g/mol. The molecule has 0 radical (unpaired) electrons. The van der Waals surface area contributed by atoms with Crippen LogP contribution in [0.2, 0.25) is 0 Å². The van der Waals surface area contributed by atoms with Gasteiger partial charge >= 0.3 is 0 Å². The van der Waals surface area contributed by atoms with Crippen molar-refractivity contribution in [1.29, 1.82) is 0 Å². The van der Waals surface area contributed by atoms with Crippen LogP contribution in [-0.4, -0.2) is 55.1 Å². The van der Waals surface area contributed by atoms with Gasteiger partial charge in [-0.25, -0.2) is 19.3 Å². The molecule has 8 nitrogen and oxygen atoms in total. The molecule has 0 spiro atoms. The lowest BCUT2D eigenvalue weighted by Gasteiger charge is -2.27. The van der Waals surface area contributed by atoms with Crippen molar-refractivity contribution in [3.63, 3.8) is 0 Å². The van der Waals surface area contributed by atoms with E-state index in [4.69, 9.17) is 9.97 Å². The first kappa shape index (κ1) is 21.1. The highest BCUT2D eigenvalue weighted by Gasteiger charge is 2.40. The molecule has 3 aliphatic rings. The van der Waals surface area contributed by atoms with Crippen LogP contribution in [0.25, 0.3) is 44.7 Å². The molecule has 9 heteroatoms. The molecule has 1 aliphatic carbocycles. The Morgan fingerprint density at radius 3 is 2.84 bits per heavy atom. The summed E-state index contributed by atoms with van der Waals surface area (Å²) in [4.78, 5) is 29.3. The molecule has 0 aromatic carbocycles. The Labute approximate surface area is 212 Å². The standard InChI is InChI=1S/C28H25FN8/c29-19-2-1-8-32-25(19)21-12-17-16(5-9-33-26(17)34-21)27-35-22-14-30-13-18(15-3-4-15)24(22)28(36-27)37-11-7-20-23(37)6-10-31-20/h1-2,5,8-9,12-15,20,23,31H,3-4,6-7,10-11H2,(H,33,34)/t20-,23-/m1/s1. The molecule has 3 fully saturated rings. The van der Waals surface area contributed by atoms with E-state index in [0.717, 1.165) is 53.6 Å². The number of hydrogen-bond acceptors (Lipinski definition) is 7. The molecule has 2 atom stereocenters. The molecule has 1 saturated carbocycles. The van der Waals surface area contributed by atoms with Gasteiger partial charge in [0.05, 0.1) is 17.4 Å². The molecule has 2 saturated heterocycles. The third-order valence-corrected chi connectivity index (χ3v) is 8.09. The normalized spacial score (nSPS) is 21.3. The fourth-order valence-electron chi connectivity index (χ4n) is 6.18. The average Bonchev–Trinajstić information content (AvgIpc) is 3.30. The number of hydrogen-bond donors (Lipinski definition) is 2. The number of anilines is 1. The number of halogens is 1. The van der Waals surface area contributed by atoms with Gasteiger partial charge in [-0.05, 0) is 68.0 Å². The minimum absolute atomic E-state index is 0.265. The molecule has 0 bridgehead atoms. The van der Waals surface area contributed by atoms with Gasteiger partial charge in [0.15, 0.2) is 11.6 Å². The van der Waals surface area contributed by atoms with Crippen LogP contribution in [0, 0.1) is 5.82 Å². The summed E-state index contributed by atoms with van der Waals surface area (Å²) in [6, 6.07) is 7.76. The Kier molecular flexibility index (Phi) is 4.58. The summed E-state index contributed by atoms with van der Waals surface area (Å²) in [5, 5.41) is 5.64. The van der Waals surface area contributed by atoms with E-state index in [1.807, 2.05) is 24.5 Å². The highest BCUT2D eigenvalue weighted by molar-refractivity contribution is 5.98. The second-order valence-corrected chi connectivity index (χ2v) is 10.3. The number of rotatable bonds is 4. The maximum Gasteiger partial charge on any atom is 0.163 e. The summed E-state index contributed by atoms with van der Waals surface area (Å²) in [6.45, 7) is 2.01. The van der Waals surface area contributed by atoms with Gasteiger partial charge in [0.1, 0.15) is 17.2 Å². The second kappa shape index (κ2) is 8.01. The van der Waals surface area contributed by atoms with Crippen molar-refractivity contribution in [1.82, 2.24) is 35.2 Å². The van der Waals surface area contributed by atoms with Crippen LogP contribution in [0.3, 0.4) is 0 Å². The van der Waals surface area contributed by atoms with Crippen molar-refractivity contribution < 1.29 is 4.39 Å². The predicted molar refractivity (Wildman–Crippen MR) is 140 cm³/mol. The van der Waals surface area contributed by atoms with Crippen LogP contribution in [-0.2, 0) is 0 Å². The molecule has 184 valence electrons. The zero-order valence-electron chi connectivity index (χ0n) is 20.2. The number of aromatic amines is 1. The lowest BCUT2D eigenvalue weighted by Crippen LogP contribution is -2.35. The van der Waals surface area contributed by atoms with Crippen molar-refractivity contribution in [2.24, 2.45) is 0 Å². The van der Waals surface area contributed by atoms with Crippen LogP contribution >= 0.6 is 0 Å². The van der Waals surface area contributed by atoms with Gasteiger partial charge in [0.25, 0.3) is 0 Å². The largest absolute Gasteiger partial charge is 0.351 e. The molecule has 5 aromatic rings. The number of H-pyrrole nitrogens is 1. The van der Waals surface area contributed by atoms with Gasteiger partial charge in [-0.15, -0.1) is 0 Å². The quantitative estimate of drug-likeness (QED) is 0.379. The van der Waals surface area contributed by atoms with Crippen molar-refractivity contribution >= 4 is 27.8 Å². The summed E-state index contributed by atoms with van der Waals surface area (Å²) in [5.41, 5.74) is 4.48. The highest BCUT2D eigenvalue weighted by Crippen LogP contribution is 2.46. The lowest BCUT2D eigenvalue weighted by molar-refractivity contribution is 0.600. The average molecular weight is 493 g/mol. The Hall–Kier alpha value is -3.98. The second-order valence-electron chi connectivity index (χ2n) is 10.3. The molecule has 7 heterocycles. The van der Waals surface area contributed by atoms with Gasteiger partial charge in [-0.3, -0.25) is 9.97 Å².